The molecule has 0 saturated heterocycles. The van der Waals surface area contributed by atoms with Crippen molar-refractivity contribution >= 4 is 58.5 Å². The molecule has 0 unspecified atom stereocenters. The summed E-state index contributed by atoms with van der Waals surface area (Å²) in [6, 6.07) is 0. The highest BCUT2D eigenvalue weighted by molar-refractivity contribution is 8.13. The van der Waals surface area contributed by atoms with E-state index in [1.54, 1.807) is 13.2 Å². The molecule has 0 spiro atoms. The summed E-state index contributed by atoms with van der Waals surface area (Å²) in [6.45, 7) is 3.14. The highest BCUT2D eigenvalue weighted by Crippen LogP contribution is 2.15. The average molecular weight is 437 g/mol. The van der Waals surface area contributed by atoms with Gasteiger partial charge in [0.1, 0.15) is 17.9 Å². The van der Waals surface area contributed by atoms with Crippen LogP contribution < -0.4 is 0 Å². The van der Waals surface area contributed by atoms with E-state index in [9.17, 15) is 14.4 Å². The van der Waals surface area contributed by atoms with Crippen LogP contribution in [0.1, 0.15) is 13.8 Å². The molecule has 0 heterocycles. The molecule has 0 bridgehead atoms. The summed E-state index contributed by atoms with van der Waals surface area (Å²) in [5, 5.41) is 11.3. The number of amides is 3. The largest absolute Gasteiger partial charge is 0.447 e. The SMILES string of the molecule is CO/N=C(C)\C(=N\OC(=O)N(C)SN(C)C(=O)O/N=C(\C)SC)C(=O)N(C)C. The molecule has 0 aromatic rings. The minimum atomic E-state index is -0.942. The third-order valence-electron chi connectivity index (χ3n) is 2.70. The minimum Gasteiger partial charge on any atom is -0.399 e. The molecule has 0 rings (SSSR count). The summed E-state index contributed by atoms with van der Waals surface area (Å²) >= 11 is 2.00. The van der Waals surface area contributed by atoms with E-state index in [0.29, 0.717) is 17.2 Å². The van der Waals surface area contributed by atoms with Gasteiger partial charge in [-0.3, -0.25) is 14.5 Å². The monoisotopic (exact) mass is 436 g/mol. The molecule has 0 fully saturated rings. The van der Waals surface area contributed by atoms with Crippen LogP contribution in [0.3, 0.4) is 0 Å². The Bertz CT molecular complexity index is 667. The smallest absolute Gasteiger partial charge is 0.399 e. The van der Waals surface area contributed by atoms with E-state index in [1.165, 1.54) is 58.9 Å². The predicted molar refractivity (Wildman–Crippen MR) is 109 cm³/mol. The number of hydrogen-bond donors (Lipinski definition) is 0. The van der Waals surface area contributed by atoms with Crippen LogP contribution in [0.2, 0.25) is 0 Å². The zero-order valence-corrected chi connectivity index (χ0v) is 18.6. The Kier molecular flexibility index (Phi) is 11.7. The molecular formula is C14H24N6O6S2. The highest BCUT2D eigenvalue weighted by Gasteiger charge is 2.22. The molecule has 0 atom stereocenters. The summed E-state index contributed by atoms with van der Waals surface area (Å²) in [5.74, 6) is -0.538. The second-order valence-electron chi connectivity index (χ2n) is 5.10. The van der Waals surface area contributed by atoms with Gasteiger partial charge in [-0.25, -0.2) is 18.2 Å². The van der Waals surface area contributed by atoms with Crippen molar-refractivity contribution in [2.75, 3.05) is 41.6 Å². The van der Waals surface area contributed by atoms with Gasteiger partial charge in [0.2, 0.25) is 0 Å². The number of carbonyl (C=O) groups is 3. The van der Waals surface area contributed by atoms with E-state index >= 15 is 0 Å². The molecule has 0 aliphatic heterocycles. The van der Waals surface area contributed by atoms with Crippen molar-refractivity contribution in [1.29, 1.82) is 0 Å². The average Bonchev–Trinajstić information content (AvgIpc) is 2.65. The number of carbonyl (C=O) groups excluding carboxylic acids is 3. The van der Waals surface area contributed by atoms with E-state index in [0.717, 1.165) is 8.61 Å². The molecule has 0 saturated carbocycles. The maximum atomic E-state index is 12.1. The van der Waals surface area contributed by atoms with Gasteiger partial charge in [-0.15, -0.1) is 11.8 Å². The second kappa shape index (κ2) is 12.8. The van der Waals surface area contributed by atoms with Gasteiger partial charge in [0.25, 0.3) is 5.91 Å². The maximum absolute atomic E-state index is 12.1. The Hall–Kier alpha value is -2.48. The summed E-state index contributed by atoms with van der Waals surface area (Å²) < 4.78 is 1.99. The Labute approximate surface area is 172 Å². The number of hydrogen-bond acceptors (Lipinski definition) is 11. The normalized spacial score (nSPS) is 12.2. The molecule has 0 N–H and O–H groups in total. The van der Waals surface area contributed by atoms with Crippen molar-refractivity contribution < 1.29 is 28.9 Å². The van der Waals surface area contributed by atoms with Crippen LogP contribution in [0.4, 0.5) is 9.59 Å². The lowest BCUT2D eigenvalue weighted by Crippen LogP contribution is -2.35. The maximum Gasteiger partial charge on any atom is 0.447 e. The molecule has 0 aromatic carbocycles. The van der Waals surface area contributed by atoms with Crippen LogP contribution in [0.5, 0.6) is 0 Å². The molecule has 3 amide bonds. The van der Waals surface area contributed by atoms with Crippen molar-refractivity contribution in [1.82, 2.24) is 13.5 Å². The Balaban J connectivity index is 5.02. The van der Waals surface area contributed by atoms with E-state index in [1.807, 2.05) is 0 Å². The van der Waals surface area contributed by atoms with Gasteiger partial charge in [0.15, 0.2) is 5.71 Å². The van der Waals surface area contributed by atoms with E-state index in [-0.39, 0.29) is 11.4 Å². The van der Waals surface area contributed by atoms with Crippen LogP contribution in [-0.4, -0.2) is 89.6 Å². The zero-order valence-electron chi connectivity index (χ0n) is 16.9. The first-order valence-corrected chi connectivity index (χ1v) is 9.54. The lowest BCUT2D eigenvalue weighted by atomic mass is 10.2. The summed E-state index contributed by atoms with van der Waals surface area (Å²) in [4.78, 5) is 51.3. The molecule has 28 heavy (non-hydrogen) atoms. The predicted octanol–water partition coefficient (Wildman–Crippen LogP) is 1.85. The van der Waals surface area contributed by atoms with Gasteiger partial charge in [-0.05, 0) is 20.1 Å². The minimum absolute atomic E-state index is 0.118. The summed E-state index contributed by atoms with van der Waals surface area (Å²) in [5.41, 5.74) is -0.0970. The van der Waals surface area contributed by atoms with Gasteiger partial charge in [-0.2, -0.15) is 0 Å². The lowest BCUT2D eigenvalue weighted by molar-refractivity contribution is -0.121. The molecule has 14 heteroatoms. The van der Waals surface area contributed by atoms with E-state index in [2.05, 4.69) is 20.3 Å². The molecule has 158 valence electrons. The van der Waals surface area contributed by atoms with Crippen molar-refractivity contribution in [2.45, 2.75) is 13.8 Å². The molecule has 0 aromatic heterocycles. The molecule has 12 nitrogen and oxygen atoms in total. The van der Waals surface area contributed by atoms with Gasteiger partial charge in [0, 0.05) is 28.2 Å². The molecule has 0 radical (unpaired) electrons. The Morgan fingerprint density at radius 1 is 0.857 bits per heavy atom. The highest BCUT2D eigenvalue weighted by atomic mass is 32.2. The molecule has 0 aliphatic rings. The fourth-order valence-electron chi connectivity index (χ4n) is 1.24. The van der Waals surface area contributed by atoms with Crippen LogP contribution in [0, 0.1) is 0 Å². The van der Waals surface area contributed by atoms with Crippen LogP contribution >= 0.6 is 23.9 Å². The number of nitrogens with zero attached hydrogens (tertiary/aromatic N) is 6. The van der Waals surface area contributed by atoms with Crippen molar-refractivity contribution in [3.8, 4) is 0 Å². The van der Waals surface area contributed by atoms with Crippen LogP contribution in [-0.2, 0) is 19.3 Å². The fourth-order valence-corrected chi connectivity index (χ4v) is 1.92. The van der Waals surface area contributed by atoms with Crippen molar-refractivity contribution in [3.63, 3.8) is 0 Å². The first-order chi connectivity index (χ1) is 13.0. The van der Waals surface area contributed by atoms with Gasteiger partial charge in [0.05, 0.1) is 12.1 Å². The standard InChI is InChI=1S/C14H24N6O6S2/c1-9(15-24-7)11(12(21)18(3)4)17-26-14(23)20(6)28-19(5)13(22)25-16-10(2)27-8/h1-8H3/b15-9-,16-10+,17-11-. The summed E-state index contributed by atoms with van der Waals surface area (Å²) in [7, 11) is 7.02. The van der Waals surface area contributed by atoms with Gasteiger partial charge < -0.3 is 9.74 Å². The lowest BCUT2D eigenvalue weighted by Gasteiger charge is -2.19. The third-order valence-corrected chi connectivity index (χ3v) is 4.15. The Morgan fingerprint density at radius 3 is 1.79 bits per heavy atom. The van der Waals surface area contributed by atoms with Gasteiger partial charge >= 0.3 is 12.2 Å². The fraction of sp³-hybridized carbons (Fsp3) is 0.571. The van der Waals surface area contributed by atoms with Crippen LogP contribution in [0.15, 0.2) is 15.5 Å². The van der Waals surface area contributed by atoms with E-state index in [4.69, 9.17) is 9.68 Å². The molecule has 0 aliphatic carbocycles. The van der Waals surface area contributed by atoms with Crippen molar-refractivity contribution in [3.05, 3.63) is 0 Å². The number of oxime groups is 3. The Morgan fingerprint density at radius 2 is 1.36 bits per heavy atom. The molecular weight excluding hydrogens is 412 g/mol. The quantitative estimate of drug-likeness (QED) is 0.195. The number of thioether (sulfide) groups is 1. The summed E-state index contributed by atoms with van der Waals surface area (Å²) in [6.07, 6.45) is 0.0416. The first kappa shape index (κ1) is 25.5. The zero-order chi connectivity index (χ0) is 21.9. The third kappa shape index (κ3) is 8.94. The van der Waals surface area contributed by atoms with E-state index < -0.39 is 18.1 Å². The van der Waals surface area contributed by atoms with Crippen LogP contribution in [0.25, 0.3) is 0 Å². The first-order valence-electron chi connectivity index (χ1n) is 7.58. The van der Waals surface area contributed by atoms with Crippen molar-refractivity contribution in [2.24, 2.45) is 15.5 Å². The van der Waals surface area contributed by atoms with Gasteiger partial charge in [-0.1, -0.05) is 15.5 Å². The number of rotatable bonds is 7. The topological polar surface area (TPSA) is 126 Å². The second-order valence-corrected chi connectivity index (χ2v) is 7.36.